The Bertz CT molecular complexity index is 481. The molecule has 1 fully saturated rings. The summed E-state index contributed by atoms with van der Waals surface area (Å²) in [5.74, 6) is -0.0723. The van der Waals surface area contributed by atoms with Gasteiger partial charge in [-0.1, -0.05) is 30.1 Å². The average Bonchev–Trinajstić information content (AvgIpc) is 2.40. The van der Waals surface area contributed by atoms with Crippen molar-refractivity contribution in [2.45, 2.75) is 19.9 Å². The number of aromatic nitrogens is 1. The van der Waals surface area contributed by atoms with Crippen LogP contribution in [0.25, 0.3) is 0 Å². The first-order valence-electron chi connectivity index (χ1n) is 6.37. The maximum atomic E-state index is 12.4. The summed E-state index contributed by atoms with van der Waals surface area (Å²) in [7, 11) is 0. The van der Waals surface area contributed by atoms with Crippen molar-refractivity contribution in [3.8, 4) is 0 Å². The molecule has 0 spiro atoms. The fourth-order valence-electron chi connectivity index (χ4n) is 2.40. The van der Waals surface area contributed by atoms with Crippen molar-refractivity contribution in [1.29, 1.82) is 0 Å². The van der Waals surface area contributed by atoms with E-state index in [0.29, 0.717) is 29.7 Å². The van der Waals surface area contributed by atoms with E-state index in [1.165, 1.54) is 12.3 Å². The third kappa shape index (κ3) is 3.19. The molecule has 1 aliphatic rings. The van der Waals surface area contributed by atoms with Crippen LogP contribution in [0.15, 0.2) is 12.3 Å². The van der Waals surface area contributed by atoms with E-state index in [1.807, 2.05) is 4.90 Å². The molecule has 1 amide bonds. The van der Waals surface area contributed by atoms with Crippen LogP contribution in [0, 0.1) is 0 Å². The first kappa shape index (κ1) is 14.6. The minimum atomic E-state index is -0.0723. The van der Waals surface area contributed by atoms with Gasteiger partial charge in [0.15, 0.2) is 0 Å². The standard InChI is InChI=1S/C13H17Cl2N3O/c1-3-17-4-5-18(8-9(17)2)13(19)10-6-12(15)16-7-11(10)14/h6-7,9H,3-5,8H2,1-2H3. The van der Waals surface area contributed by atoms with Gasteiger partial charge in [0.05, 0.1) is 10.6 Å². The third-order valence-electron chi connectivity index (χ3n) is 3.51. The Kier molecular flexibility index (Phi) is 4.66. The molecule has 4 nitrogen and oxygen atoms in total. The van der Waals surface area contributed by atoms with E-state index in [-0.39, 0.29) is 11.1 Å². The molecule has 6 heteroatoms. The summed E-state index contributed by atoms with van der Waals surface area (Å²) >= 11 is 11.8. The van der Waals surface area contributed by atoms with Gasteiger partial charge in [0.25, 0.3) is 5.91 Å². The van der Waals surface area contributed by atoms with Crippen LogP contribution in [0.2, 0.25) is 10.2 Å². The Labute approximate surface area is 123 Å². The van der Waals surface area contributed by atoms with Gasteiger partial charge in [-0.2, -0.15) is 0 Å². The number of hydrogen-bond donors (Lipinski definition) is 0. The predicted octanol–water partition coefficient (Wildman–Crippen LogP) is 2.55. The Balaban J connectivity index is 2.14. The number of nitrogens with zero attached hydrogens (tertiary/aromatic N) is 3. The molecule has 0 bridgehead atoms. The topological polar surface area (TPSA) is 36.4 Å². The molecular formula is C13H17Cl2N3O. The number of hydrogen-bond acceptors (Lipinski definition) is 3. The summed E-state index contributed by atoms with van der Waals surface area (Å²) in [6.07, 6.45) is 1.42. The van der Waals surface area contributed by atoms with Gasteiger partial charge in [0.1, 0.15) is 5.15 Å². The second-order valence-electron chi connectivity index (χ2n) is 4.72. The van der Waals surface area contributed by atoms with Gasteiger partial charge in [0.2, 0.25) is 0 Å². The van der Waals surface area contributed by atoms with Crippen LogP contribution < -0.4 is 0 Å². The molecule has 2 heterocycles. The lowest BCUT2D eigenvalue weighted by molar-refractivity contribution is 0.0528. The maximum absolute atomic E-state index is 12.4. The summed E-state index contributed by atoms with van der Waals surface area (Å²) in [5, 5.41) is 0.632. The van der Waals surface area contributed by atoms with Crippen LogP contribution in [0.4, 0.5) is 0 Å². The summed E-state index contributed by atoms with van der Waals surface area (Å²) in [4.78, 5) is 20.5. The highest BCUT2D eigenvalue weighted by Gasteiger charge is 2.27. The quantitative estimate of drug-likeness (QED) is 0.788. The number of carbonyl (C=O) groups is 1. The largest absolute Gasteiger partial charge is 0.336 e. The zero-order valence-corrected chi connectivity index (χ0v) is 12.6. The molecule has 19 heavy (non-hydrogen) atoms. The first-order chi connectivity index (χ1) is 9.02. The molecular weight excluding hydrogens is 285 g/mol. The fraction of sp³-hybridized carbons (Fsp3) is 0.538. The minimum absolute atomic E-state index is 0.0723. The van der Waals surface area contributed by atoms with Crippen molar-refractivity contribution in [3.63, 3.8) is 0 Å². The molecule has 1 saturated heterocycles. The van der Waals surface area contributed by atoms with Crippen LogP contribution in [-0.2, 0) is 0 Å². The van der Waals surface area contributed by atoms with Crippen molar-refractivity contribution in [2.24, 2.45) is 0 Å². The van der Waals surface area contributed by atoms with Crippen LogP contribution in [0.5, 0.6) is 0 Å². The number of pyridine rings is 1. The third-order valence-corrected chi connectivity index (χ3v) is 4.02. The van der Waals surface area contributed by atoms with E-state index < -0.39 is 0 Å². The molecule has 2 rings (SSSR count). The number of rotatable bonds is 2. The number of carbonyl (C=O) groups excluding carboxylic acids is 1. The normalized spacial score (nSPS) is 20.6. The molecule has 0 radical (unpaired) electrons. The summed E-state index contributed by atoms with van der Waals surface area (Å²) in [5.41, 5.74) is 0.429. The van der Waals surface area contributed by atoms with Gasteiger partial charge in [-0.3, -0.25) is 9.69 Å². The second kappa shape index (κ2) is 6.07. The van der Waals surface area contributed by atoms with Gasteiger partial charge in [-0.15, -0.1) is 0 Å². The van der Waals surface area contributed by atoms with E-state index in [2.05, 4.69) is 23.7 Å². The lowest BCUT2D eigenvalue weighted by Gasteiger charge is -2.39. The Morgan fingerprint density at radius 1 is 1.47 bits per heavy atom. The lowest BCUT2D eigenvalue weighted by Crippen LogP contribution is -2.53. The molecule has 1 atom stereocenters. The lowest BCUT2D eigenvalue weighted by atomic mass is 10.1. The fourth-order valence-corrected chi connectivity index (χ4v) is 2.74. The molecule has 1 aromatic heterocycles. The highest BCUT2D eigenvalue weighted by atomic mass is 35.5. The van der Waals surface area contributed by atoms with Crippen LogP contribution in [0.1, 0.15) is 24.2 Å². The SMILES string of the molecule is CCN1CCN(C(=O)c2cc(Cl)ncc2Cl)CC1C. The molecule has 1 aliphatic heterocycles. The van der Waals surface area contributed by atoms with Crippen molar-refractivity contribution in [3.05, 3.63) is 28.0 Å². The number of amides is 1. The average molecular weight is 302 g/mol. The minimum Gasteiger partial charge on any atom is -0.336 e. The summed E-state index contributed by atoms with van der Waals surface area (Å²) < 4.78 is 0. The predicted molar refractivity (Wildman–Crippen MR) is 76.9 cm³/mol. The van der Waals surface area contributed by atoms with Crippen LogP contribution >= 0.6 is 23.2 Å². The molecule has 0 N–H and O–H groups in total. The molecule has 1 unspecified atom stereocenters. The van der Waals surface area contributed by atoms with Crippen LogP contribution in [0.3, 0.4) is 0 Å². The Morgan fingerprint density at radius 2 is 2.21 bits per heavy atom. The Hall–Kier alpha value is -0.840. The maximum Gasteiger partial charge on any atom is 0.255 e. The van der Waals surface area contributed by atoms with Gasteiger partial charge in [-0.05, 0) is 19.5 Å². The zero-order valence-electron chi connectivity index (χ0n) is 11.1. The van der Waals surface area contributed by atoms with Crippen molar-refractivity contribution in [1.82, 2.24) is 14.8 Å². The molecule has 104 valence electrons. The van der Waals surface area contributed by atoms with Crippen molar-refractivity contribution in [2.75, 3.05) is 26.2 Å². The molecule has 1 aromatic rings. The van der Waals surface area contributed by atoms with Gasteiger partial charge >= 0.3 is 0 Å². The van der Waals surface area contributed by atoms with Gasteiger partial charge < -0.3 is 4.90 Å². The zero-order chi connectivity index (χ0) is 14.0. The molecule has 0 saturated carbocycles. The number of halogens is 2. The molecule has 0 aliphatic carbocycles. The van der Waals surface area contributed by atoms with Crippen molar-refractivity contribution >= 4 is 29.1 Å². The first-order valence-corrected chi connectivity index (χ1v) is 7.13. The van der Waals surface area contributed by atoms with E-state index in [9.17, 15) is 4.79 Å². The van der Waals surface area contributed by atoms with Gasteiger partial charge in [-0.25, -0.2) is 4.98 Å². The van der Waals surface area contributed by atoms with E-state index in [4.69, 9.17) is 23.2 Å². The van der Waals surface area contributed by atoms with Crippen molar-refractivity contribution < 1.29 is 4.79 Å². The highest BCUT2D eigenvalue weighted by molar-refractivity contribution is 6.35. The smallest absolute Gasteiger partial charge is 0.255 e. The van der Waals surface area contributed by atoms with E-state index >= 15 is 0 Å². The van der Waals surface area contributed by atoms with E-state index in [1.54, 1.807) is 0 Å². The monoisotopic (exact) mass is 301 g/mol. The summed E-state index contributed by atoms with van der Waals surface area (Å²) in [6, 6.07) is 1.89. The second-order valence-corrected chi connectivity index (χ2v) is 5.51. The molecule has 0 aromatic carbocycles. The Morgan fingerprint density at radius 3 is 2.84 bits per heavy atom. The van der Waals surface area contributed by atoms with E-state index in [0.717, 1.165) is 13.1 Å². The number of likely N-dealkylation sites (N-methyl/N-ethyl adjacent to an activating group) is 1. The van der Waals surface area contributed by atoms with Crippen LogP contribution in [-0.4, -0.2) is 52.9 Å². The van der Waals surface area contributed by atoms with Gasteiger partial charge in [0, 0.05) is 31.9 Å². The number of piperazine rings is 1. The highest BCUT2D eigenvalue weighted by Crippen LogP contribution is 2.21. The summed E-state index contributed by atoms with van der Waals surface area (Å²) in [6.45, 7) is 7.58.